The zero-order chi connectivity index (χ0) is 13.0. The van der Waals surface area contributed by atoms with Gasteiger partial charge in [0.05, 0.1) is 4.92 Å². The van der Waals surface area contributed by atoms with Gasteiger partial charge in [0.2, 0.25) is 5.82 Å². The lowest BCUT2D eigenvalue weighted by Crippen LogP contribution is -2.08. The van der Waals surface area contributed by atoms with E-state index in [0.717, 1.165) is 12.0 Å². The molecular weight excluding hydrogens is 245 g/mol. The van der Waals surface area contributed by atoms with Crippen LogP contribution in [-0.2, 0) is 6.42 Å². The molecule has 0 saturated carbocycles. The van der Waals surface area contributed by atoms with E-state index in [-0.39, 0.29) is 5.38 Å². The number of hydrogen-bond acceptors (Lipinski definition) is 2. The molecule has 0 N–H and O–H groups in total. The molecule has 0 radical (unpaired) electrons. The fraction of sp³-hybridized carbons (Fsp3) is 0.500. The second kappa shape index (κ2) is 5.96. The molecule has 17 heavy (non-hydrogen) atoms. The zero-order valence-corrected chi connectivity index (χ0v) is 10.6. The first-order chi connectivity index (χ1) is 7.91. The van der Waals surface area contributed by atoms with Crippen LogP contribution in [-0.4, -0.2) is 10.3 Å². The maximum atomic E-state index is 13.3. The van der Waals surface area contributed by atoms with Crippen molar-refractivity contribution in [3.8, 4) is 0 Å². The lowest BCUT2D eigenvalue weighted by Gasteiger charge is -2.12. The molecule has 0 aliphatic rings. The molecule has 5 heteroatoms. The zero-order valence-electron chi connectivity index (χ0n) is 9.82. The van der Waals surface area contributed by atoms with Crippen molar-refractivity contribution < 1.29 is 9.31 Å². The van der Waals surface area contributed by atoms with Crippen molar-refractivity contribution >= 4 is 17.3 Å². The van der Waals surface area contributed by atoms with Crippen LogP contribution in [0.15, 0.2) is 18.2 Å². The number of aryl methyl sites for hydroxylation is 1. The van der Waals surface area contributed by atoms with Gasteiger partial charge in [-0.25, -0.2) is 0 Å². The van der Waals surface area contributed by atoms with Crippen molar-refractivity contribution in [3.05, 3.63) is 39.7 Å². The normalized spacial score (nSPS) is 12.8. The number of nitro benzene ring substituents is 1. The number of rotatable bonds is 5. The third kappa shape index (κ3) is 3.97. The van der Waals surface area contributed by atoms with Gasteiger partial charge in [0.15, 0.2) is 0 Å². The van der Waals surface area contributed by atoms with Crippen LogP contribution < -0.4 is 0 Å². The summed E-state index contributed by atoms with van der Waals surface area (Å²) in [7, 11) is 0. The topological polar surface area (TPSA) is 43.1 Å². The van der Waals surface area contributed by atoms with E-state index in [9.17, 15) is 14.5 Å². The van der Waals surface area contributed by atoms with Gasteiger partial charge < -0.3 is 0 Å². The van der Waals surface area contributed by atoms with Crippen molar-refractivity contribution in [2.24, 2.45) is 5.92 Å². The molecule has 0 fully saturated rings. The first-order valence-corrected chi connectivity index (χ1v) is 5.92. The number of alkyl halides is 1. The Morgan fingerprint density at radius 2 is 2.12 bits per heavy atom. The van der Waals surface area contributed by atoms with Crippen molar-refractivity contribution in [3.63, 3.8) is 0 Å². The van der Waals surface area contributed by atoms with Gasteiger partial charge in [0, 0.05) is 11.4 Å². The summed E-state index contributed by atoms with van der Waals surface area (Å²) < 4.78 is 13.3. The molecule has 1 unspecified atom stereocenters. The summed E-state index contributed by atoms with van der Waals surface area (Å²) in [6.07, 6.45) is 1.36. The minimum atomic E-state index is -0.789. The molecule has 1 atom stereocenters. The molecule has 0 saturated heterocycles. The van der Waals surface area contributed by atoms with Crippen LogP contribution in [0.2, 0.25) is 0 Å². The Balaban J connectivity index is 2.68. The first-order valence-electron chi connectivity index (χ1n) is 5.48. The predicted octanol–water partition coefficient (Wildman–Crippen LogP) is 3.93. The van der Waals surface area contributed by atoms with Crippen LogP contribution in [0, 0.1) is 21.8 Å². The third-order valence-corrected chi connectivity index (χ3v) is 3.36. The van der Waals surface area contributed by atoms with Gasteiger partial charge in [-0.3, -0.25) is 10.1 Å². The minimum Gasteiger partial charge on any atom is -0.258 e. The van der Waals surface area contributed by atoms with Gasteiger partial charge in [-0.1, -0.05) is 19.9 Å². The second-order valence-corrected chi connectivity index (χ2v) is 4.90. The molecule has 0 bridgehead atoms. The smallest absolute Gasteiger partial charge is 0.258 e. The van der Waals surface area contributed by atoms with Gasteiger partial charge in [0.25, 0.3) is 0 Å². The fourth-order valence-corrected chi connectivity index (χ4v) is 1.60. The highest BCUT2D eigenvalue weighted by molar-refractivity contribution is 6.20. The summed E-state index contributed by atoms with van der Waals surface area (Å²) in [4.78, 5) is 9.71. The second-order valence-electron chi connectivity index (χ2n) is 4.34. The Kier molecular flexibility index (Phi) is 4.87. The Morgan fingerprint density at radius 3 is 2.59 bits per heavy atom. The Hall–Kier alpha value is -1.16. The molecule has 1 aromatic rings. The van der Waals surface area contributed by atoms with E-state index in [0.29, 0.717) is 12.3 Å². The van der Waals surface area contributed by atoms with Crippen molar-refractivity contribution in [1.29, 1.82) is 0 Å². The Bertz CT molecular complexity index is 409. The quantitative estimate of drug-likeness (QED) is 0.457. The molecule has 0 spiro atoms. The molecule has 0 heterocycles. The molecule has 0 aromatic heterocycles. The van der Waals surface area contributed by atoms with Crippen LogP contribution in [0.1, 0.15) is 25.8 Å². The molecule has 3 nitrogen and oxygen atoms in total. The molecule has 1 rings (SSSR count). The van der Waals surface area contributed by atoms with Crippen LogP contribution in [0.3, 0.4) is 0 Å². The molecule has 0 amide bonds. The lowest BCUT2D eigenvalue weighted by molar-refractivity contribution is -0.387. The van der Waals surface area contributed by atoms with Crippen molar-refractivity contribution in [2.75, 3.05) is 0 Å². The number of nitrogens with zero attached hydrogens (tertiary/aromatic N) is 1. The van der Waals surface area contributed by atoms with Crippen molar-refractivity contribution in [2.45, 2.75) is 32.1 Å². The molecular formula is C12H15ClFNO2. The van der Waals surface area contributed by atoms with E-state index in [1.165, 1.54) is 12.1 Å². The SMILES string of the molecule is CC(C)C(Cl)CCc1ccc([N+](=O)[O-])c(F)c1. The average molecular weight is 260 g/mol. The van der Waals surface area contributed by atoms with E-state index in [1.54, 1.807) is 6.07 Å². The van der Waals surface area contributed by atoms with Gasteiger partial charge >= 0.3 is 5.69 Å². The summed E-state index contributed by atoms with van der Waals surface area (Å²) in [5.41, 5.74) is 0.249. The van der Waals surface area contributed by atoms with Gasteiger partial charge in [-0.2, -0.15) is 4.39 Å². The van der Waals surface area contributed by atoms with Gasteiger partial charge in [-0.15, -0.1) is 11.6 Å². The Labute approximate surface area is 105 Å². The highest BCUT2D eigenvalue weighted by Crippen LogP contribution is 2.21. The van der Waals surface area contributed by atoms with Crippen LogP contribution in [0.5, 0.6) is 0 Å². The average Bonchev–Trinajstić information content (AvgIpc) is 2.25. The number of hydrogen-bond donors (Lipinski definition) is 0. The highest BCUT2D eigenvalue weighted by Gasteiger charge is 2.15. The van der Waals surface area contributed by atoms with Crippen LogP contribution in [0.25, 0.3) is 0 Å². The summed E-state index contributed by atoms with van der Waals surface area (Å²) in [6.45, 7) is 4.04. The lowest BCUT2D eigenvalue weighted by atomic mass is 10.0. The van der Waals surface area contributed by atoms with E-state index >= 15 is 0 Å². The standard InChI is InChI=1S/C12H15ClFNO2/c1-8(2)10(13)5-3-9-4-6-12(15(16)17)11(14)7-9/h4,6-8,10H,3,5H2,1-2H3. The fourth-order valence-electron chi connectivity index (χ4n) is 1.49. The van der Waals surface area contributed by atoms with Crippen LogP contribution in [0.4, 0.5) is 10.1 Å². The minimum absolute atomic E-state index is 0.0354. The molecule has 0 aliphatic carbocycles. The third-order valence-electron chi connectivity index (χ3n) is 2.64. The monoisotopic (exact) mass is 259 g/mol. The van der Waals surface area contributed by atoms with E-state index in [2.05, 4.69) is 0 Å². The Morgan fingerprint density at radius 1 is 1.47 bits per heavy atom. The summed E-state index contributed by atoms with van der Waals surface area (Å²) in [6, 6.07) is 3.98. The maximum Gasteiger partial charge on any atom is 0.304 e. The molecule has 0 aliphatic heterocycles. The van der Waals surface area contributed by atoms with Crippen LogP contribution >= 0.6 is 11.6 Å². The summed E-state index contributed by atoms with van der Waals surface area (Å²) in [5, 5.41) is 10.5. The van der Waals surface area contributed by atoms with E-state index in [1.807, 2.05) is 13.8 Å². The number of benzene rings is 1. The van der Waals surface area contributed by atoms with E-state index < -0.39 is 16.4 Å². The predicted molar refractivity (Wildman–Crippen MR) is 65.9 cm³/mol. The maximum absolute atomic E-state index is 13.3. The van der Waals surface area contributed by atoms with Gasteiger partial charge in [0.1, 0.15) is 0 Å². The van der Waals surface area contributed by atoms with Gasteiger partial charge in [-0.05, 0) is 30.4 Å². The summed E-state index contributed by atoms with van der Waals surface area (Å²) >= 11 is 6.09. The highest BCUT2D eigenvalue weighted by atomic mass is 35.5. The molecule has 94 valence electrons. The summed E-state index contributed by atoms with van der Waals surface area (Å²) in [5.74, 6) is -0.428. The molecule has 1 aromatic carbocycles. The van der Waals surface area contributed by atoms with E-state index in [4.69, 9.17) is 11.6 Å². The number of halogens is 2. The number of nitro groups is 1. The largest absolute Gasteiger partial charge is 0.304 e. The van der Waals surface area contributed by atoms with Crippen molar-refractivity contribution in [1.82, 2.24) is 0 Å². The first kappa shape index (κ1) is 13.9.